The van der Waals surface area contributed by atoms with Crippen molar-refractivity contribution in [1.29, 1.82) is 0 Å². The van der Waals surface area contributed by atoms with E-state index in [1.807, 2.05) is 13.0 Å². The average molecular weight is 490 g/mol. The molecule has 4 aromatic rings. The van der Waals surface area contributed by atoms with Crippen molar-refractivity contribution in [2.75, 3.05) is 26.2 Å². The second-order valence-corrected chi connectivity index (χ2v) is 8.54. The van der Waals surface area contributed by atoms with Crippen LogP contribution in [0.4, 0.5) is 4.39 Å². The fourth-order valence-electron chi connectivity index (χ4n) is 4.35. The number of aromatic nitrogens is 5. The van der Waals surface area contributed by atoms with Gasteiger partial charge in [-0.2, -0.15) is 4.80 Å². The number of H-pyrrole nitrogens is 1. The van der Waals surface area contributed by atoms with Crippen LogP contribution in [0.2, 0.25) is 0 Å². The van der Waals surface area contributed by atoms with Gasteiger partial charge in [0.25, 0.3) is 17.6 Å². The molecular formula is C25H24FN7O3. The summed E-state index contributed by atoms with van der Waals surface area (Å²) in [4.78, 5) is 46.2. The summed E-state index contributed by atoms with van der Waals surface area (Å²) in [6.07, 6.45) is 2.16. The summed E-state index contributed by atoms with van der Waals surface area (Å²) in [6.45, 7) is 3.61. The quantitative estimate of drug-likeness (QED) is 0.329. The summed E-state index contributed by atoms with van der Waals surface area (Å²) in [5.41, 5.74) is 1.31. The van der Waals surface area contributed by atoms with Crippen molar-refractivity contribution in [3.8, 4) is 11.4 Å². The number of ketones is 1. The molecule has 36 heavy (non-hydrogen) atoms. The lowest BCUT2D eigenvalue weighted by Gasteiger charge is -2.34. The number of halogens is 1. The zero-order valence-corrected chi connectivity index (χ0v) is 19.6. The molecule has 0 bridgehead atoms. The minimum atomic E-state index is -0.817. The Balaban J connectivity index is 1.34. The molecular weight excluding hydrogens is 465 g/mol. The van der Waals surface area contributed by atoms with Crippen LogP contribution < -0.4 is 0 Å². The van der Waals surface area contributed by atoms with Crippen LogP contribution in [0.25, 0.3) is 22.3 Å². The minimum Gasteiger partial charge on any atom is -0.360 e. The van der Waals surface area contributed by atoms with Gasteiger partial charge in [0.05, 0.1) is 17.6 Å². The first kappa shape index (κ1) is 23.3. The maximum atomic E-state index is 14.9. The first-order valence-electron chi connectivity index (χ1n) is 11.7. The highest BCUT2D eigenvalue weighted by molar-refractivity contribution is 6.45. The van der Waals surface area contributed by atoms with Crippen molar-refractivity contribution in [2.24, 2.45) is 0 Å². The molecule has 1 fully saturated rings. The van der Waals surface area contributed by atoms with Crippen molar-refractivity contribution < 1.29 is 18.8 Å². The fraction of sp³-hybridized carbons (Fsp3) is 0.280. The lowest BCUT2D eigenvalue weighted by atomic mass is 10.0. The van der Waals surface area contributed by atoms with Crippen LogP contribution >= 0.6 is 0 Å². The van der Waals surface area contributed by atoms with Gasteiger partial charge in [-0.05, 0) is 35.9 Å². The summed E-state index contributed by atoms with van der Waals surface area (Å²) < 4.78 is 14.9. The second-order valence-electron chi connectivity index (χ2n) is 8.54. The number of hydrogen-bond acceptors (Lipinski definition) is 6. The van der Waals surface area contributed by atoms with E-state index in [1.165, 1.54) is 28.0 Å². The summed E-state index contributed by atoms with van der Waals surface area (Å²) in [5.74, 6) is -2.02. The van der Waals surface area contributed by atoms with Crippen LogP contribution in [0.15, 0.2) is 48.7 Å². The number of rotatable bonds is 6. The number of piperazine rings is 1. The number of aromatic amines is 1. The number of carbonyl (C=O) groups excluding carboxylic acids is 3. The summed E-state index contributed by atoms with van der Waals surface area (Å²) in [5, 5.41) is 12.4. The molecule has 3 heterocycles. The number of nitrogens with zero attached hydrogens (tertiary/aromatic N) is 6. The Hall–Kier alpha value is -4.41. The van der Waals surface area contributed by atoms with Gasteiger partial charge < -0.3 is 14.8 Å². The van der Waals surface area contributed by atoms with Crippen LogP contribution in [-0.4, -0.2) is 78.8 Å². The van der Waals surface area contributed by atoms with E-state index in [9.17, 15) is 18.8 Å². The molecule has 0 radical (unpaired) electrons. The molecule has 0 aliphatic carbocycles. The zero-order chi connectivity index (χ0) is 25.2. The van der Waals surface area contributed by atoms with Crippen molar-refractivity contribution in [2.45, 2.75) is 19.9 Å². The zero-order valence-electron chi connectivity index (χ0n) is 19.6. The molecule has 2 aromatic heterocycles. The van der Waals surface area contributed by atoms with E-state index in [0.29, 0.717) is 42.1 Å². The smallest absolute Gasteiger partial charge is 0.295 e. The third-order valence-corrected chi connectivity index (χ3v) is 6.22. The molecule has 1 N–H and O–H groups in total. The van der Waals surface area contributed by atoms with Gasteiger partial charge in [-0.15, -0.1) is 10.2 Å². The Morgan fingerprint density at radius 1 is 1.00 bits per heavy atom. The molecule has 1 aliphatic rings. The average Bonchev–Trinajstić information content (AvgIpc) is 3.57. The fourth-order valence-corrected chi connectivity index (χ4v) is 4.35. The molecule has 10 nitrogen and oxygen atoms in total. The molecule has 5 rings (SSSR count). The Labute approximate surface area is 205 Å². The second kappa shape index (κ2) is 9.68. The highest BCUT2D eigenvalue weighted by atomic mass is 19.1. The van der Waals surface area contributed by atoms with Crippen LogP contribution in [0, 0.1) is 5.82 Å². The molecule has 0 unspecified atom stereocenters. The number of benzene rings is 2. The third-order valence-electron chi connectivity index (χ3n) is 6.22. The number of aryl methyl sites for hydroxylation is 1. The first-order valence-corrected chi connectivity index (χ1v) is 11.7. The summed E-state index contributed by atoms with van der Waals surface area (Å²) in [6, 6.07) is 11.6. The van der Waals surface area contributed by atoms with E-state index in [0.717, 1.165) is 6.42 Å². The SMILES string of the molecule is CCCn1nnc(-c2ccc(F)c3c(C(=O)C(=O)N4CCN(C(=O)c5ccccc5)CC4)c[nH]c23)n1. The predicted octanol–water partition coefficient (Wildman–Crippen LogP) is 2.54. The van der Waals surface area contributed by atoms with Gasteiger partial charge in [-0.25, -0.2) is 4.39 Å². The minimum absolute atomic E-state index is 0.00980. The van der Waals surface area contributed by atoms with E-state index < -0.39 is 17.5 Å². The number of Topliss-reactive ketones (excluding diaryl/α,β-unsaturated/α-hetero) is 1. The van der Waals surface area contributed by atoms with Gasteiger partial charge in [0.2, 0.25) is 5.82 Å². The van der Waals surface area contributed by atoms with Crippen LogP contribution in [0.1, 0.15) is 34.1 Å². The predicted molar refractivity (Wildman–Crippen MR) is 129 cm³/mol. The van der Waals surface area contributed by atoms with Crippen LogP contribution in [0.3, 0.4) is 0 Å². The molecule has 2 amide bonds. The van der Waals surface area contributed by atoms with Crippen molar-refractivity contribution in [1.82, 2.24) is 35.0 Å². The van der Waals surface area contributed by atoms with Crippen molar-refractivity contribution >= 4 is 28.5 Å². The molecule has 0 atom stereocenters. The van der Waals surface area contributed by atoms with Crippen molar-refractivity contribution in [3.05, 3.63) is 65.6 Å². The van der Waals surface area contributed by atoms with Gasteiger partial charge >= 0.3 is 0 Å². The Morgan fingerprint density at radius 2 is 1.72 bits per heavy atom. The number of fused-ring (bicyclic) bond motifs is 1. The monoisotopic (exact) mass is 489 g/mol. The Kier molecular flexibility index (Phi) is 6.28. The number of carbonyl (C=O) groups is 3. The van der Waals surface area contributed by atoms with Crippen LogP contribution in [0.5, 0.6) is 0 Å². The molecule has 0 spiro atoms. The maximum Gasteiger partial charge on any atom is 0.295 e. The molecule has 11 heteroatoms. The molecule has 2 aromatic carbocycles. The topological polar surface area (TPSA) is 117 Å². The van der Waals surface area contributed by atoms with Gasteiger partial charge in [0.15, 0.2) is 0 Å². The highest BCUT2D eigenvalue weighted by Gasteiger charge is 2.31. The third kappa shape index (κ3) is 4.23. The standard InChI is InChI=1S/C25H24FN7O3/c1-2-10-33-29-23(28-30-33)17-8-9-19(26)20-18(15-27-21(17)20)22(34)25(36)32-13-11-31(12-14-32)24(35)16-6-4-3-5-7-16/h3-9,15,27H,2,10-14H2,1H3. The van der Waals surface area contributed by atoms with E-state index in [1.54, 1.807) is 29.2 Å². The lowest BCUT2D eigenvalue weighted by Crippen LogP contribution is -2.52. The first-order chi connectivity index (χ1) is 17.5. The number of nitrogens with one attached hydrogen (secondary N) is 1. The van der Waals surface area contributed by atoms with Crippen molar-refractivity contribution in [3.63, 3.8) is 0 Å². The van der Waals surface area contributed by atoms with Crippen LogP contribution in [-0.2, 0) is 11.3 Å². The lowest BCUT2D eigenvalue weighted by molar-refractivity contribution is -0.127. The molecule has 1 saturated heterocycles. The molecule has 184 valence electrons. The van der Waals surface area contributed by atoms with E-state index >= 15 is 0 Å². The van der Waals surface area contributed by atoms with E-state index in [4.69, 9.17) is 0 Å². The molecule has 0 saturated carbocycles. The van der Waals surface area contributed by atoms with Gasteiger partial charge in [0.1, 0.15) is 5.82 Å². The highest BCUT2D eigenvalue weighted by Crippen LogP contribution is 2.30. The van der Waals surface area contributed by atoms with Gasteiger partial charge in [-0.1, -0.05) is 25.1 Å². The normalized spacial score (nSPS) is 13.8. The Morgan fingerprint density at radius 3 is 2.44 bits per heavy atom. The number of tetrazole rings is 1. The summed E-state index contributed by atoms with van der Waals surface area (Å²) >= 11 is 0. The summed E-state index contributed by atoms with van der Waals surface area (Å²) in [7, 11) is 0. The Bertz CT molecular complexity index is 1440. The largest absolute Gasteiger partial charge is 0.360 e. The molecule has 1 aliphatic heterocycles. The number of hydrogen-bond donors (Lipinski definition) is 1. The van der Waals surface area contributed by atoms with E-state index in [2.05, 4.69) is 20.4 Å². The van der Waals surface area contributed by atoms with Gasteiger partial charge in [-0.3, -0.25) is 14.4 Å². The van der Waals surface area contributed by atoms with E-state index in [-0.39, 0.29) is 29.9 Å². The maximum absolute atomic E-state index is 14.9. The van der Waals surface area contributed by atoms with Gasteiger partial charge in [0, 0.05) is 48.9 Å². The number of amides is 2.